The Morgan fingerprint density at radius 3 is 2.38 bits per heavy atom. The highest BCUT2D eigenvalue weighted by molar-refractivity contribution is 5.73. The standard InChI is InChI=1S/C10H17NO2/c12-10(13)9-6-2-5-8(11-9)7-3-1-4-7/h7-9,11H,1-6H2,(H,12,13). The van der Waals surface area contributed by atoms with Crippen LogP contribution in [0.4, 0.5) is 0 Å². The largest absolute Gasteiger partial charge is 0.480 e. The topological polar surface area (TPSA) is 49.3 Å². The average Bonchev–Trinajstić information content (AvgIpc) is 2.01. The molecule has 1 saturated heterocycles. The van der Waals surface area contributed by atoms with Crippen LogP contribution in [-0.4, -0.2) is 23.2 Å². The van der Waals surface area contributed by atoms with E-state index in [0.29, 0.717) is 6.04 Å². The summed E-state index contributed by atoms with van der Waals surface area (Å²) in [5.41, 5.74) is 0. The zero-order chi connectivity index (χ0) is 9.26. The summed E-state index contributed by atoms with van der Waals surface area (Å²) in [6.45, 7) is 0. The number of hydrogen-bond acceptors (Lipinski definition) is 2. The summed E-state index contributed by atoms with van der Waals surface area (Å²) in [5.74, 6) is 0.0890. The van der Waals surface area contributed by atoms with Gasteiger partial charge in [-0.2, -0.15) is 0 Å². The van der Waals surface area contributed by atoms with E-state index in [1.54, 1.807) is 0 Å². The Bertz CT molecular complexity index is 201. The number of rotatable bonds is 2. The lowest BCUT2D eigenvalue weighted by Crippen LogP contribution is -2.51. The predicted molar refractivity (Wildman–Crippen MR) is 49.5 cm³/mol. The average molecular weight is 183 g/mol. The molecule has 1 saturated carbocycles. The van der Waals surface area contributed by atoms with Gasteiger partial charge in [0.1, 0.15) is 6.04 Å². The first-order valence-corrected chi connectivity index (χ1v) is 5.26. The van der Waals surface area contributed by atoms with Gasteiger partial charge in [0.05, 0.1) is 0 Å². The molecule has 2 rings (SSSR count). The van der Waals surface area contributed by atoms with Crippen molar-refractivity contribution < 1.29 is 9.90 Å². The lowest BCUT2D eigenvalue weighted by molar-refractivity contribution is -0.140. The van der Waals surface area contributed by atoms with Crippen LogP contribution in [0.15, 0.2) is 0 Å². The predicted octanol–water partition coefficient (Wildman–Crippen LogP) is 1.38. The van der Waals surface area contributed by atoms with Gasteiger partial charge in [0.25, 0.3) is 0 Å². The SMILES string of the molecule is O=C(O)C1CCCC(C2CCC2)N1. The summed E-state index contributed by atoms with van der Waals surface area (Å²) in [7, 11) is 0. The molecule has 1 aliphatic carbocycles. The van der Waals surface area contributed by atoms with Crippen molar-refractivity contribution in [1.29, 1.82) is 0 Å². The molecule has 3 heteroatoms. The maximum absolute atomic E-state index is 10.8. The minimum atomic E-state index is -0.677. The third kappa shape index (κ3) is 1.85. The van der Waals surface area contributed by atoms with Crippen molar-refractivity contribution in [1.82, 2.24) is 5.32 Å². The van der Waals surface area contributed by atoms with Crippen LogP contribution in [0.25, 0.3) is 0 Å². The minimum Gasteiger partial charge on any atom is -0.480 e. The van der Waals surface area contributed by atoms with E-state index in [9.17, 15) is 4.79 Å². The number of aliphatic carboxylic acids is 1. The van der Waals surface area contributed by atoms with Crippen LogP contribution in [0.2, 0.25) is 0 Å². The number of carboxylic acid groups (broad SMARTS) is 1. The van der Waals surface area contributed by atoms with Gasteiger partial charge < -0.3 is 10.4 Å². The fraction of sp³-hybridized carbons (Fsp3) is 0.900. The molecule has 2 unspecified atom stereocenters. The van der Waals surface area contributed by atoms with Gasteiger partial charge >= 0.3 is 5.97 Å². The summed E-state index contributed by atoms with van der Waals surface area (Å²) in [6.07, 6.45) is 6.98. The van der Waals surface area contributed by atoms with E-state index in [-0.39, 0.29) is 6.04 Å². The molecule has 2 atom stereocenters. The zero-order valence-electron chi connectivity index (χ0n) is 7.83. The Hall–Kier alpha value is -0.570. The molecule has 0 aromatic rings. The molecule has 3 nitrogen and oxygen atoms in total. The molecule has 13 heavy (non-hydrogen) atoms. The van der Waals surface area contributed by atoms with Gasteiger partial charge in [0.15, 0.2) is 0 Å². The summed E-state index contributed by atoms with van der Waals surface area (Å²) < 4.78 is 0. The van der Waals surface area contributed by atoms with Crippen molar-refractivity contribution in [3.63, 3.8) is 0 Å². The van der Waals surface area contributed by atoms with E-state index in [4.69, 9.17) is 5.11 Å². The molecule has 2 N–H and O–H groups in total. The molecule has 74 valence electrons. The second-order valence-corrected chi connectivity index (χ2v) is 4.29. The first kappa shape index (κ1) is 9.00. The Kier molecular flexibility index (Phi) is 2.54. The molecule has 2 aliphatic rings. The first-order valence-electron chi connectivity index (χ1n) is 5.26. The second kappa shape index (κ2) is 3.66. The number of carbonyl (C=O) groups is 1. The van der Waals surface area contributed by atoms with E-state index in [0.717, 1.165) is 18.8 Å². The molecule has 1 heterocycles. The smallest absolute Gasteiger partial charge is 0.320 e. The summed E-state index contributed by atoms with van der Waals surface area (Å²) in [5, 5.41) is 12.1. The highest BCUT2D eigenvalue weighted by Crippen LogP contribution is 2.33. The molecular formula is C10H17NO2. The number of carboxylic acids is 1. The molecule has 2 fully saturated rings. The quantitative estimate of drug-likeness (QED) is 0.680. The lowest BCUT2D eigenvalue weighted by atomic mass is 9.76. The van der Waals surface area contributed by atoms with Crippen molar-refractivity contribution in [3.05, 3.63) is 0 Å². The molecule has 1 aliphatic heterocycles. The van der Waals surface area contributed by atoms with Crippen molar-refractivity contribution >= 4 is 5.97 Å². The van der Waals surface area contributed by atoms with Gasteiger partial charge in [0, 0.05) is 6.04 Å². The van der Waals surface area contributed by atoms with Crippen molar-refractivity contribution in [2.75, 3.05) is 0 Å². The molecule has 0 bridgehead atoms. The van der Waals surface area contributed by atoms with E-state index in [2.05, 4.69) is 5.32 Å². The van der Waals surface area contributed by atoms with E-state index in [1.807, 2.05) is 0 Å². The van der Waals surface area contributed by atoms with E-state index < -0.39 is 5.97 Å². The maximum Gasteiger partial charge on any atom is 0.320 e. The van der Waals surface area contributed by atoms with E-state index >= 15 is 0 Å². The van der Waals surface area contributed by atoms with Crippen molar-refractivity contribution in [3.8, 4) is 0 Å². The minimum absolute atomic E-state index is 0.278. The van der Waals surface area contributed by atoms with Crippen LogP contribution in [-0.2, 0) is 4.79 Å². The molecule has 0 radical (unpaired) electrons. The van der Waals surface area contributed by atoms with Crippen LogP contribution in [0.3, 0.4) is 0 Å². The molecule has 0 spiro atoms. The Morgan fingerprint density at radius 1 is 1.15 bits per heavy atom. The van der Waals surface area contributed by atoms with Crippen LogP contribution < -0.4 is 5.32 Å². The van der Waals surface area contributed by atoms with Crippen LogP contribution in [0, 0.1) is 5.92 Å². The summed E-state index contributed by atoms with van der Waals surface area (Å²) in [6, 6.07) is 0.211. The fourth-order valence-corrected chi connectivity index (χ4v) is 2.38. The van der Waals surface area contributed by atoms with Crippen LogP contribution in [0.1, 0.15) is 38.5 Å². The Balaban J connectivity index is 1.87. The van der Waals surface area contributed by atoms with Crippen molar-refractivity contribution in [2.45, 2.75) is 50.6 Å². The molecule has 0 aromatic heterocycles. The monoisotopic (exact) mass is 183 g/mol. The lowest BCUT2D eigenvalue weighted by Gasteiger charge is -2.38. The summed E-state index contributed by atoms with van der Waals surface area (Å²) >= 11 is 0. The Morgan fingerprint density at radius 2 is 1.85 bits per heavy atom. The van der Waals surface area contributed by atoms with Gasteiger partial charge in [-0.15, -0.1) is 0 Å². The highest BCUT2D eigenvalue weighted by Gasteiger charge is 2.33. The Labute approximate surface area is 78.5 Å². The van der Waals surface area contributed by atoms with E-state index in [1.165, 1.54) is 25.7 Å². The van der Waals surface area contributed by atoms with Gasteiger partial charge in [0.2, 0.25) is 0 Å². The number of hydrogen-bond donors (Lipinski definition) is 2. The normalized spacial score (nSPS) is 35.4. The molecule has 0 aromatic carbocycles. The van der Waals surface area contributed by atoms with Gasteiger partial charge in [-0.25, -0.2) is 0 Å². The summed E-state index contributed by atoms with van der Waals surface area (Å²) in [4.78, 5) is 10.8. The number of piperidine rings is 1. The van der Waals surface area contributed by atoms with Gasteiger partial charge in [-0.05, 0) is 38.0 Å². The maximum atomic E-state index is 10.8. The highest BCUT2D eigenvalue weighted by atomic mass is 16.4. The first-order chi connectivity index (χ1) is 6.27. The third-order valence-electron chi connectivity index (χ3n) is 3.44. The molecule has 0 amide bonds. The zero-order valence-corrected chi connectivity index (χ0v) is 7.83. The molecular weight excluding hydrogens is 166 g/mol. The fourth-order valence-electron chi connectivity index (χ4n) is 2.38. The van der Waals surface area contributed by atoms with Crippen LogP contribution >= 0.6 is 0 Å². The van der Waals surface area contributed by atoms with Gasteiger partial charge in [-0.3, -0.25) is 4.79 Å². The van der Waals surface area contributed by atoms with Gasteiger partial charge in [-0.1, -0.05) is 6.42 Å². The second-order valence-electron chi connectivity index (χ2n) is 4.29. The number of nitrogens with one attached hydrogen (secondary N) is 1. The third-order valence-corrected chi connectivity index (χ3v) is 3.44. The van der Waals surface area contributed by atoms with Crippen LogP contribution in [0.5, 0.6) is 0 Å². The van der Waals surface area contributed by atoms with Crippen molar-refractivity contribution in [2.24, 2.45) is 5.92 Å².